The Morgan fingerprint density at radius 2 is 2.12 bits per heavy atom. The van der Waals surface area contributed by atoms with Gasteiger partial charge in [0.2, 0.25) is 5.91 Å². The lowest BCUT2D eigenvalue weighted by atomic mass is 10.1. The zero-order valence-corrected chi connectivity index (χ0v) is 9.75. The largest absolute Gasteiger partial charge is 0.395 e. The molecule has 0 rings (SSSR count). The minimum atomic E-state index is -2.57. The summed E-state index contributed by atoms with van der Waals surface area (Å²) in [5, 5.41) is 11.7. The summed E-state index contributed by atoms with van der Waals surface area (Å²) in [6.45, 7) is 3.82. The molecule has 1 atom stereocenters. The van der Waals surface area contributed by atoms with Gasteiger partial charge in [0.1, 0.15) is 0 Å². The van der Waals surface area contributed by atoms with Crippen LogP contribution in [0, 0.1) is 5.92 Å². The predicted molar refractivity (Wildman–Crippen MR) is 57.4 cm³/mol. The number of hydrogen-bond acceptors (Lipinski definition) is 3. The van der Waals surface area contributed by atoms with Gasteiger partial charge in [-0.15, -0.1) is 0 Å². The first-order valence-corrected chi connectivity index (χ1v) is 5.41. The van der Waals surface area contributed by atoms with Crippen LogP contribution in [-0.2, 0) is 4.79 Å². The number of alkyl halides is 2. The van der Waals surface area contributed by atoms with Gasteiger partial charge in [-0.3, -0.25) is 4.79 Å². The fourth-order valence-electron chi connectivity index (χ4n) is 1.34. The summed E-state index contributed by atoms with van der Waals surface area (Å²) in [7, 11) is 0. The second-order valence-electron chi connectivity index (χ2n) is 3.61. The van der Waals surface area contributed by atoms with Gasteiger partial charge in [-0.05, 0) is 6.54 Å². The molecular weight excluding hydrogens is 218 g/mol. The second kappa shape index (κ2) is 8.41. The number of aliphatic hydroxyl groups is 1. The smallest absolute Gasteiger partial charge is 0.255 e. The van der Waals surface area contributed by atoms with E-state index in [1.807, 2.05) is 6.92 Å². The van der Waals surface area contributed by atoms with Crippen molar-refractivity contribution in [3.63, 3.8) is 0 Å². The molecule has 0 radical (unpaired) electrons. The fourth-order valence-corrected chi connectivity index (χ4v) is 1.34. The first-order valence-electron chi connectivity index (χ1n) is 5.41. The van der Waals surface area contributed by atoms with Crippen molar-refractivity contribution in [3.05, 3.63) is 0 Å². The summed E-state index contributed by atoms with van der Waals surface area (Å²) < 4.78 is 24.4. The second-order valence-corrected chi connectivity index (χ2v) is 3.61. The maximum Gasteiger partial charge on any atom is 0.255 e. The van der Waals surface area contributed by atoms with Crippen LogP contribution in [0.2, 0.25) is 0 Å². The number of hydrogen-bond donors (Lipinski definition) is 2. The quantitative estimate of drug-likeness (QED) is 0.640. The summed E-state index contributed by atoms with van der Waals surface area (Å²) >= 11 is 0. The highest BCUT2D eigenvalue weighted by molar-refractivity contribution is 5.78. The minimum absolute atomic E-state index is 0.0420. The molecule has 96 valence electrons. The van der Waals surface area contributed by atoms with E-state index in [2.05, 4.69) is 5.32 Å². The lowest BCUT2D eigenvalue weighted by Gasteiger charge is -2.24. The third-order valence-corrected chi connectivity index (χ3v) is 2.16. The Morgan fingerprint density at radius 3 is 2.56 bits per heavy atom. The molecule has 1 unspecified atom stereocenters. The van der Waals surface area contributed by atoms with E-state index in [1.54, 1.807) is 6.92 Å². The molecule has 6 heteroatoms. The van der Waals surface area contributed by atoms with Crippen molar-refractivity contribution in [2.75, 3.05) is 32.8 Å². The first kappa shape index (κ1) is 15.2. The number of nitrogens with zero attached hydrogens (tertiary/aromatic N) is 1. The van der Waals surface area contributed by atoms with E-state index in [0.29, 0.717) is 6.54 Å². The van der Waals surface area contributed by atoms with E-state index in [9.17, 15) is 13.6 Å². The normalized spacial score (nSPS) is 12.9. The average Bonchev–Trinajstić information content (AvgIpc) is 2.23. The van der Waals surface area contributed by atoms with Crippen LogP contribution in [0.25, 0.3) is 0 Å². The van der Waals surface area contributed by atoms with E-state index in [1.165, 1.54) is 0 Å². The number of amides is 1. The molecule has 0 saturated heterocycles. The van der Waals surface area contributed by atoms with E-state index in [4.69, 9.17) is 5.11 Å². The Kier molecular flexibility index (Phi) is 8.01. The van der Waals surface area contributed by atoms with Gasteiger partial charge in [-0.2, -0.15) is 0 Å². The highest BCUT2D eigenvalue weighted by atomic mass is 19.3. The van der Waals surface area contributed by atoms with E-state index in [0.717, 1.165) is 11.4 Å². The molecule has 16 heavy (non-hydrogen) atoms. The topological polar surface area (TPSA) is 52.6 Å². The van der Waals surface area contributed by atoms with Gasteiger partial charge in [0.15, 0.2) is 0 Å². The summed E-state index contributed by atoms with van der Waals surface area (Å²) in [6.07, 6.45) is -2.57. The molecule has 0 heterocycles. The Labute approximate surface area is 94.6 Å². The first-order chi connectivity index (χ1) is 7.52. The monoisotopic (exact) mass is 238 g/mol. The maximum absolute atomic E-state index is 12.2. The molecule has 4 nitrogen and oxygen atoms in total. The van der Waals surface area contributed by atoms with Gasteiger partial charge in [0.05, 0.1) is 13.2 Å². The molecule has 0 aliphatic carbocycles. The number of rotatable bonds is 8. The Bertz CT molecular complexity index is 203. The molecule has 0 aliphatic heterocycles. The Hall–Kier alpha value is -0.750. The van der Waals surface area contributed by atoms with E-state index >= 15 is 0 Å². The van der Waals surface area contributed by atoms with Gasteiger partial charge >= 0.3 is 0 Å². The van der Waals surface area contributed by atoms with Crippen LogP contribution < -0.4 is 5.32 Å². The molecule has 2 N–H and O–H groups in total. The third kappa shape index (κ3) is 5.97. The molecule has 0 spiro atoms. The van der Waals surface area contributed by atoms with Crippen molar-refractivity contribution in [1.82, 2.24) is 10.2 Å². The summed E-state index contributed by atoms with van der Waals surface area (Å²) in [4.78, 5) is 12.7. The van der Waals surface area contributed by atoms with Crippen molar-refractivity contribution in [3.8, 4) is 0 Å². The van der Waals surface area contributed by atoms with E-state index < -0.39 is 13.0 Å². The summed E-state index contributed by atoms with van der Waals surface area (Å²) in [6, 6.07) is 0. The van der Waals surface area contributed by atoms with Crippen LogP contribution in [0.15, 0.2) is 0 Å². The van der Waals surface area contributed by atoms with Crippen LogP contribution >= 0.6 is 0 Å². The van der Waals surface area contributed by atoms with Crippen LogP contribution in [0.5, 0.6) is 0 Å². The fraction of sp³-hybridized carbons (Fsp3) is 0.900. The highest BCUT2D eigenvalue weighted by Crippen LogP contribution is 2.05. The molecule has 0 saturated carbocycles. The van der Waals surface area contributed by atoms with Gasteiger partial charge in [0.25, 0.3) is 6.43 Å². The number of nitrogens with one attached hydrogen (secondary N) is 1. The zero-order chi connectivity index (χ0) is 12.6. The lowest BCUT2D eigenvalue weighted by molar-refractivity contribution is -0.137. The molecule has 1 amide bonds. The minimum Gasteiger partial charge on any atom is -0.395 e. The summed E-state index contributed by atoms with van der Waals surface area (Å²) in [5.41, 5.74) is 0. The molecule has 0 aromatic heterocycles. The average molecular weight is 238 g/mol. The van der Waals surface area contributed by atoms with Crippen molar-refractivity contribution in [1.29, 1.82) is 0 Å². The zero-order valence-electron chi connectivity index (χ0n) is 9.75. The molecule has 0 aromatic carbocycles. The number of carbonyl (C=O) groups is 1. The molecule has 0 bridgehead atoms. The standard InChI is InChI=1S/C10H20F2N2O2/c1-3-13-6-8(2)10(16)14(4-5-15)7-9(11)12/h8-9,13,15H,3-7H2,1-2H3. The Morgan fingerprint density at radius 1 is 1.50 bits per heavy atom. The maximum atomic E-state index is 12.2. The van der Waals surface area contributed by atoms with Gasteiger partial charge in [0, 0.05) is 19.0 Å². The Balaban J connectivity index is 4.23. The summed E-state index contributed by atoms with van der Waals surface area (Å²) in [5.74, 6) is -0.708. The number of carbonyl (C=O) groups excluding carboxylic acids is 1. The van der Waals surface area contributed by atoms with Crippen LogP contribution in [0.3, 0.4) is 0 Å². The lowest BCUT2D eigenvalue weighted by Crippen LogP contribution is -2.42. The molecular formula is C10H20F2N2O2. The third-order valence-electron chi connectivity index (χ3n) is 2.16. The van der Waals surface area contributed by atoms with Crippen molar-refractivity contribution in [2.24, 2.45) is 5.92 Å². The SMILES string of the molecule is CCNCC(C)C(=O)N(CCO)CC(F)F. The number of aliphatic hydroxyl groups excluding tert-OH is 1. The van der Waals surface area contributed by atoms with Gasteiger partial charge in [-0.1, -0.05) is 13.8 Å². The highest BCUT2D eigenvalue weighted by Gasteiger charge is 2.22. The number of halogens is 2. The molecule has 0 fully saturated rings. The van der Waals surface area contributed by atoms with Crippen LogP contribution in [0.1, 0.15) is 13.8 Å². The van der Waals surface area contributed by atoms with Crippen LogP contribution in [-0.4, -0.2) is 55.1 Å². The van der Waals surface area contributed by atoms with Crippen LogP contribution in [0.4, 0.5) is 8.78 Å². The van der Waals surface area contributed by atoms with Gasteiger partial charge in [-0.25, -0.2) is 8.78 Å². The van der Waals surface area contributed by atoms with Gasteiger partial charge < -0.3 is 15.3 Å². The van der Waals surface area contributed by atoms with Crippen molar-refractivity contribution in [2.45, 2.75) is 20.3 Å². The molecule has 0 aliphatic rings. The van der Waals surface area contributed by atoms with Crippen molar-refractivity contribution < 1.29 is 18.7 Å². The predicted octanol–water partition coefficient (Wildman–Crippen LogP) is 0.318. The molecule has 0 aromatic rings. The van der Waals surface area contributed by atoms with Crippen molar-refractivity contribution >= 4 is 5.91 Å². The van der Waals surface area contributed by atoms with E-state index in [-0.39, 0.29) is 25.0 Å².